The maximum absolute atomic E-state index is 13.3. The highest BCUT2D eigenvalue weighted by molar-refractivity contribution is 7.15. The summed E-state index contributed by atoms with van der Waals surface area (Å²) in [6.45, 7) is 1.89. The van der Waals surface area contributed by atoms with Crippen LogP contribution in [0.1, 0.15) is 29.1 Å². The Labute approximate surface area is 190 Å². The molecule has 2 aromatic carbocycles. The lowest BCUT2D eigenvalue weighted by Crippen LogP contribution is -2.29. The van der Waals surface area contributed by atoms with Gasteiger partial charge in [0.05, 0.1) is 21.7 Å². The van der Waals surface area contributed by atoms with E-state index in [0.29, 0.717) is 22.0 Å². The van der Waals surface area contributed by atoms with Crippen molar-refractivity contribution in [1.29, 1.82) is 0 Å². The first-order valence-corrected chi connectivity index (χ1v) is 10.7. The van der Waals surface area contributed by atoms with Gasteiger partial charge in [-0.05, 0) is 48.4 Å². The number of hydrogen-bond donors (Lipinski definition) is 1. The fraction of sp³-hybridized carbons (Fsp3) is 0.143. The zero-order valence-corrected chi connectivity index (χ0v) is 18.3. The molecule has 0 spiro atoms. The van der Waals surface area contributed by atoms with Crippen LogP contribution in [-0.2, 0) is 16.0 Å². The van der Waals surface area contributed by atoms with Gasteiger partial charge in [0.15, 0.2) is 0 Å². The number of halogens is 3. The van der Waals surface area contributed by atoms with Crippen molar-refractivity contribution in [2.45, 2.75) is 19.4 Å². The minimum atomic E-state index is -1.02. The molecule has 0 aliphatic carbocycles. The average molecular weight is 478 g/mol. The molecule has 1 aromatic heterocycles. The van der Waals surface area contributed by atoms with Crippen molar-refractivity contribution < 1.29 is 19.1 Å². The van der Waals surface area contributed by atoms with E-state index < -0.39 is 29.3 Å². The van der Waals surface area contributed by atoms with Crippen LogP contribution < -0.4 is 4.90 Å². The number of aliphatic hydroxyl groups is 1. The van der Waals surface area contributed by atoms with Crippen LogP contribution in [0.5, 0.6) is 0 Å². The second-order valence-corrected chi connectivity index (χ2v) is 8.54. The smallest absolute Gasteiger partial charge is 0.301 e. The van der Waals surface area contributed by atoms with E-state index in [1.165, 1.54) is 40.5 Å². The van der Waals surface area contributed by atoms with Crippen LogP contribution in [0.3, 0.4) is 0 Å². The molecule has 6 nitrogen and oxygen atoms in total. The summed E-state index contributed by atoms with van der Waals surface area (Å²) in [5, 5.41) is 20.4. The predicted octanol–water partition coefficient (Wildman–Crippen LogP) is 5.17. The molecule has 1 aliphatic heterocycles. The molecule has 0 bridgehead atoms. The number of aromatic nitrogens is 2. The number of nitrogens with zero attached hydrogens (tertiary/aromatic N) is 3. The summed E-state index contributed by atoms with van der Waals surface area (Å²) in [4.78, 5) is 27.2. The van der Waals surface area contributed by atoms with E-state index >= 15 is 0 Å². The van der Waals surface area contributed by atoms with Crippen molar-refractivity contribution >= 4 is 57.1 Å². The number of aryl methyl sites for hydroxylation is 1. The summed E-state index contributed by atoms with van der Waals surface area (Å²) in [6.07, 6.45) is 0.606. The summed E-state index contributed by atoms with van der Waals surface area (Å²) in [5.41, 5.74) is 0.477. The summed E-state index contributed by atoms with van der Waals surface area (Å²) >= 11 is 13.4. The molecule has 2 heterocycles. The highest BCUT2D eigenvalue weighted by Crippen LogP contribution is 2.44. The van der Waals surface area contributed by atoms with Gasteiger partial charge in [0.25, 0.3) is 5.78 Å². The van der Waals surface area contributed by atoms with E-state index in [9.17, 15) is 19.1 Å². The molecule has 1 aliphatic rings. The SMILES string of the molecule is CCc1nnc(N2C(=O)C(=O)/C(=C(/O)c3ccc(F)cc3)C2c2ccc(Cl)c(Cl)c2)s1. The Hall–Kier alpha value is -2.81. The third-order valence-corrected chi connectivity index (χ3v) is 6.59. The summed E-state index contributed by atoms with van der Waals surface area (Å²) in [6, 6.07) is 8.60. The first kappa shape index (κ1) is 21.4. The van der Waals surface area contributed by atoms with E-state index in [4.69, 9.17) is 23.2 Å². The first-order chi connectivity index (χ1) is 14.8. The molecule has 1 N–H and O–H groups in total. The third-order valence-electron chi connectivity index (χ3n) is 4.79. The number of ketones is 1. The zero-order valence-electron chi connectivity index (χ0n) is 16.0. The lowest BCUT2D eigenvalue weighted by atomic mass is 9.95. The number of carbonyl (C=O) groups is 2. The lowest BCUT2D eigenvalue weighted by Gasteiger charge is -2.22. The van der Waals surface area contributed by atoms with E-state index in [1.807, 2.05) is 6.92 Å². The van der Waals surface area contributed by atoms with Crippen molar-refractivity contribution in [3.63, 3.8) is 0 Å². The highest BCUT2D eigenvalue weighted by atomic mass is 35.5. The molecule has 4 rings (SSSR count). The Morgan fingerprint density at radius 3 is 2.45 bits per heavy atom. The zero-order chi connectivity index (χ0) is 22.3. The predicted molar refractivity (Wildman–Crippen MR) is 117 cm³/mol. The number of hydrogen-bond acceptors (Lipinski definition) is 6. The summed E-state index contributed by atoms with van der Waals surface area (Å²) in [5.74, 6) is -2.69. The Bertz CT molecular complexity index is 1230. The molecule has 0 radical (unpaired) electrons. The number of rotatable bonds is 4. The summed E-state index contributed by atoms with van der Waals surface area (Å²) in [7, 11) is 0. The second kappa shape index (κ2) is 8.37. The van der Waals surface area contributed by atoms with E-state index in [2.05, 4.69) is 10.2 Å². The number of anilines is 1. The standard InChI is InChI=1S/C21H14Cl2FN3O3S/c1-2-15-25-26-21(31-15)27-17(11-5-8-13(22)14(23)9-11)16(19(29)20(27)30)18(28)10-3-6-12(24)7-4-10/h3-9,17,28H,2H2,1H3/b18-16+. The van der Waals surface area contributed by atoms with Gasteiger partial charge in [0, 0.05) is 5.56 Å². The van der Waals surface area contributed by atoms with Crippen molar-refractivity contribution in [3.8, 4) is 0 Å². The molecule has 158 valence electrons. The van der Waals surface area contributed by atoms with Crippen LogP contribution in [0.4, 0.5) is 9.52 Å². The maximum atomic E-state index is 13.3. The van der Waals surface area contributed by atoms with Gasteiger partial charge in [-0.3, -0.25) is 14.5 Å². The van der Waals surface area contributed by atoms with Crippen LogP contribution in [0.2, 0.25) is 10.0 Å². The number of Topliss-reactive ketones (excluding diaryl/α,β-unsaturated/α-hetero) is 1. The minimum absolute atomic E-state index is 0.164. The van der Waals surface area contributed by atoms with Gasteiger partial charge in [-0.2, -0.15) is 0 Å². The fourth-order valence-corrected chi connectivity index (χ4v) is 4.39. The normalized spacial score (nSPS) is 18.1. The van der Waals surface area contributed by atoms with Crippen LogP contribution in [-0.4, -0.2) is 27.0 Å². The molecular weight excluding hydrogens is 464 g/mol. The van der Waals surface area contributed by atoms with Crippen LogP contribution >= 0.6 is 34.5 Å². The molecule has 0 saturated carbocycles. The van der Waals surface area contributed by atoms with E-state index in [0.717, 1.165) is 12.1 Å². The third kappa shape index (κ3) is 3.82. The van der Waals surface area contributed by atoms with Crippen molar-refractivity contribution in [2.24, 2.45) is 0 Å². The monoisotopic (exact) mass is 477 g/mol. The molecule has 31 heavy (non-hydrogen) atoms. The largest absolute Gasteiger partial charge is 0.507 e. The number of benzene rings is 2. The van der Waals surface area contributed by atoms with Crippen molar-refractivity contribution in [1.82, 2.24) is 10.2 Å². The molecular formula is C21H14Cl2FN3O3S. The Morgan fingerprint density at radius 1 is 1.13 bits per heavy atom. The van der Waals surface area contributed by atoms with Crippen molar-refractivity contribution in [2.75, 3.05) is 4.90 Å². The Morgan fingerprint density at radius 2 is 1.84 bits per heavy atom. The minimum Gasteiger partial charge on any atom is -0.507 e. The maximum Gasteiger partial charge on any atom is 0.301 e. The molecule has 1 unspecified atom stereocenters. The topological polar surface area (TPSA) is 83.4 Å². The molecule has 1 saturated heterocycles. The van der Waals surface area contributed by atoms with Crippen LogP contribution in [0.25, 0.3) is 5.76 Å². The molecule has 1 fully saturated rings. The fourth-order valence-electron chi connectivity index (χ4n) is 3.28. The lowest BCUT2D eigenvalue weighted by molar-refractivity contribution is -0.132. The number of amides is 1. The molecule has 3 aromatic rings. The van der Waals surface area contributed by atoms with Gasteiger partial charge >= 0.3 is 5.91 Å². The van der Waals surface area contributed by atoms with Crippen LogP contribution in [0, 0.1) is 5.82 Å². The van der Waals surface area contributed by atoms with Crippen molar-refractivity contribution in [3.05, 3.63) is 80.0 Å². The first-order valence-electron chi connectivity index (χ1n) is 9.16. The van der Waals surface area contributed by atoms with Gasteiger partial charge in [0.2, 0.25) is 5.13 Å². The number of aliphatic hydroxyl groups excluding tert-OH is 1. The Kier molecular flexibility index (Phi) is 5.79. The summed E-state index contributed by atoms with van der Waals surface area (Å²) < 4.78 is 13.3. The van der Waals surface area contributed by atoms with Gasteiger partial charge < -0.3 is 5.11 Å². The quantitative estimate of drug-likeness (QED) is 0.318. The van der Waals surface area contributed by atoms with Gasteiger partial charge in [0.1, 0.15) is 16.6 Å². The molecule has 10 heteroatoms. The van der Waals surface area contributed by atoms with Gasteiger partial charge in [-0.15, -0.1) is 10.2 Å². The van der Waals surface area contributed by atoms with Crippen LogP contribution in [0.15, 0.2) is 48.0 Å². The molecule has 1 atom stereocenters. The van der Waals surface area contributed by atoms with Gasteiger partial charge in [-0.25, -0.2) is 4.39 Å². The van der Waals surface area contributed by atoms with E-state index in [-0.39, 0.29) is 21.3 Å². The second-order valence-electron chi connectivity index (χ2n) is 6.68. The van der Waals surface area contributed by atoms with Gasteiger partial charge in [-0.1, -0.05) is 47.5 Å². The Balaban J connectivity index is 1.94. The number of carbonyl (C=O) groups excluding carboxylic acids is 2. The van der Waals surface area contributed by atoms with E-state index in [1.54, 1.807) is 6.07 Å². The molecule has 1 amide bonds. The highest BCUT2D eigenvalue weighted by Gasteiger charge is 2.48. The average Bonchev–Trinajstić information content (AvgIpc) is 3.33.